The minimum absolute atomic E-state index is 0.111. The van der Waals surface area contributed by atoms with Crippen LogP contribution in [-0.4, -0.2) is 60.2 Å². The zero-order valence-electron chi connectivity index (χ0n) is 20.1. The van der Waals surface area contributed by atoms with Gasteiger partial charge >= 0.3 is 6.09 Å². The molecular weight excluding hydrogens is 404 g/mol. The van der Waals surface area contributed by atoms with Gasteiger partial charge in [-0.1, -0.05) is 11.6 Å². The highest BCUT2D eigenvalue weighted by Gasteiger charge is 2.45. The quantitative estimate of drug-likeness (QED) is 0.375. The van der Waals surface area contributed by atoms with Gasteiger partial charge in [0.1, 0.15) is 5.60 Å². The van der Waals surface area contributed by atoms with Gasteiger partial charge in [-0.05, 0) is 89.5 Å². The molecule has 2 aliphatic carbocycles. The molecule has 6 nitrogen and oxygen atoms in total. The fourth-order valence-corrected chi connectivity index (χ4v) is 4.90. The summed E-state index contributed by atoms with van der Waals surface area (Å²) < 4.78 is 11.5. The molecule has 4 fully saturated rings. The predicted molar refractivity (Wildman–Crippen MR) is 124 cm³/mol. The van der Waals surface area contributed by atoms with Gasteiger partial charge in [0.25, 0.3) is 0 Å². The van der Waals surface area contributed by atoms with E-state index in [1.54, 1.807) is 0 Å². The van der Waals surface area contributed by atoms with Gasteiger partial charge in [-0.3, -0.25) is 4.79 Å². The third kappa shape index (κ3) is 6.29. The van der Waals surface area contributed by atoms with Crippen molar-refractivity contribution in [3.63, 3.8) is 0 Å². The van der Waals surface area contributed by atoms with Gasteiger partial charge < -0.3 is 19.3 Å². The monoisotopic (exact) mass is 444 g/mol. The first-order valence-corrected chi connectivity index (χ1v) is 12.6. The number of rotatable bonds is 9. The SMILES string of the molecule is CC(=CC=C(C)OCCC1CC1C1CCN(C(=O)OC2(C)CC2)CC1)CC(=O)N1CCC1. The van der Waals surface area contributed by atoms with Crippen molar-refractivity contribution in [2.75, 3.05) is 32.8 Å². The van der Waals surface area contributed by atoms with Crippen molar-refractivity contribution in [2.45, 2.75) is 77.7 Å². The van der Waals surface area contributed by atoms with Crippen LogP contribution in [0.25, 0.3) is 0 Å². The van der Waals surface area contributed by atoms with Gasteiger partial charge in [-0.25, -0.2) is 4.79 Å². The molecule has 6 heteroatoms. The van der Waals surface area contributed by atoms with Crippen LogP contribution in [0.1, 0.15) is 72.1 Å². The summed E-state index contributed by atoms with van der Waals surface area (Å²) >= 11 is 0. The number of hydrogen-bond donors (Lipinski definition) is 0. The van der Waals surface area contributed by atoms with Gasteiger partial charge in [0.15, 0.2) is 0 Å². The van der Waals surface area contributed by atoms with Gasteiger partial charge in [-0.15, -0.1) is 0 Å². The van der Waals surface area contributed by atoms with Crippen LogP contribution in [0.5, 0.6) is 0 Å². The minimum Gasteiger partial charge on any atom is -0.498 e. The van der Waals surface area contributed by atoms with Gasteiger partial charge in [0.05, 0.1) is 12.4 Å². The summed E-state index contributed by atoms with van der Waals surface area (Å²) in [6, 6.07) is 0. The predicted octanol–water partition coefficient (Wildman–Crippen LogP) is 4.90. The molecule has 0 aromatic carbocycles. The van der Waals surface area contributed by atoms with Crippen LogP contribution in [-0.2, 0) is 14.3 Å². The minimum atomic E-state index is -0.178. The van der Waals surface area contributed by atoms with Crippen LogP contribution in [0.15, 0.2) is 23.5 Å². The summed E-state index contributed by atoms with van der Waals surface area (Å²) in [4.78, 5) is 28.1. The molecule has 2 heterocycles. The molecule has 2 saturated carbocycles. The Balaban J connectivity index is 1.09. The smallest absolute Gasteiger partial charge is 0.410 e. The Morgan fingerprint density at radius 3 is 2.38 bits per heavy atom. The molecule has 4 aliphatic rings. The van der Waals surface area contributed by atoms with Gasteiger partial charge in [0.2, 0.25) is 5.91 Å². The highest BCUT2D eigenvalue weighted by molar-refractivity contribution is 5.79. The molecule has 178 valence electrons. The molecule has 4 rings (SSSR count). The molecule has 0 N–H and O–H groups in total. The van der Waals surface area contributed by atoms with Crippen LogP contribution in [0.4, 0.5) is 4.79 Å². The summed E-state index contributed by atoms with van der Waals surface area (Å²) in [5.74, 6) is 3.46. The molecule has 2 unspecified atom stereocenters. The Hall–Kier alpha value is -1.98. The normalized spacial score (nSPS) is 27.6. The molecule has 32 heavy (non-hydrogen) atoms. The average molecular weight is 445 g/mol. The van der Waals surface area contributed by atoms with Crippen molar-refractivity contribution >= 4 is 12.0 Å². The molecule has 0 radical (unpaired) electrons. The van der Waals surface area contributed by atoms with Crippen molar-refractivity contribution < 1.29 is 19.1 Å². The number of nitrogens with zero attached hydrogens (tertiary/aromatic N) is 2. The molecule has 0 aromatic heterocycles. The second-order valence-electron chi connectivity index (χ2n) is 10.6. The number of amides is 2. The van der Waals surface area contributed by atoms with E-state index >= 15 is 0 Å². The molecule has 2 saturated heterocycles. The number of ether oxygens (including phenoxy) is 2. The Morgan fingerprint density at radius 2 is 1.75 bits per heavy atom. The Labute approximate surface area is 193 Å². The lowest BCUT2D eigenvalue weighted by Crippen LogP contribution is -2.41. The lowest BCUT2D eigenvalue weighted by molar-refractivity contribution is -0.133. The number of allylic oxidation sites excluding steroid dienone is 3. The molecule has 0 spiro atoms. The topological polar surface area (TPSA) is 59.1 Å². The largest absolute Gasteiger partial charge is 0.498 e. The van der Waals surface area contributed by atoms with Crippen molar-refractivity contribution in [3.05, 3.63) is 23.5 Å². The third-order valence-corrected chi connectivity index (χ3v) is 7.73. The number of hydrogen-bond acceptors (Lipinski definition) is 4. The molecule has 2 amide bonds. The summed E-state index contributed by atoms with van der Waals surface area (Å²) in [7, 11) is 0. The summed E-state index contributed by atoms with van der Waals surface area (Å²) in [6.07, 6.45) is 12.1. The Bertz CT molecular complexity index is 758. The fourth-order valence-electron chi connectivity index (χ4n) is 4.90. The number of carbonyl (C=O) groups is 2. The second-order valence-corrected chi connectivity index (χ2v) is 10.6. The van der Waals surface area contributed by atoms with E-state index in [1.807, 2.05) is 42.7 Å². The van der Waals surface area contributed by atoms with E-state index in [4.69, 9.17) is 9.47 Å². The van der Waals surface area contributed by atoms with Crippen molar-refractivity contribution in [2.24, 2.45) is 17.8 Å². The molecule has 2 atom stereocenters. The second kappa shape index (κ2) is 9.88. The first-order chi connectivity index (χ1) is 15.3. The van der Waals surface area contributed by atoms with Crippen LogP contribution in [0.3, 0.4) is 0 Å². The maximum Gasteiger partial charge on any atom is 0.410 e. The summed E-state index contributed by atoms with van der Waals surface area (Å²) in [6.45, 7) is 10.3. The zero-order valence-corrected chi connectivity index (χ0v) is 20.1. The fraction of sp³-hybridized carbons (Fsp3) is 0.769. The lowest BCUT2D eigenvalue weighted by Gasteiger charge is -2.32. The highest BCUT2D eigenvalue weighted by atomic mass is 16.6. The van der Waals surface area contributed by atoms with Crippen molar-refractivity contribution in [1.29, 1.82) is 0 Å². The van der Waals surface area contributed by atoms with E-state index in [1.165, 1.54) is 6.42 Å². The highest BCUT2D eigenvalue weighted by Crippen LogP contribution is 2.50. The third-order valence-electron chi connectivity index (χ3n) is 7.73. The van der Waals surface area contributed by atoms with E-state index in [0.29, 0.717) is 6.42 Å². The van der Waals surface area contributed by atoms with E-state index < -0.39 is 0 Å². The van der Waals surface area contributed by atoms with Gasteiger partial charge in [0, 0.05) is 32.6 Å². The van der Waals surface area contributed by atoms with E-state index in [-0.39, 0.29) is 17.6 Å². The Morgan fingerprint density at radius 1 is 1.03 bits per heavy atom. The standard InChI is InChI=1S/C26H40N2O4/c1-19(17-24(29)27-12-4-13-27)5-6-20(2)31-16-9-22-18-23(22)21-7-14-28(15-8-21)25(30)32-26(3)10-11-26/h5-6,21-23H,4,7-18H2,1-3H3. The zero-order chi connectivity index (χ0) is 22.7. The molecule has 0 bridgehead atoms. The maximum absolute atomic E-state index is 12.3. The first kappa shape index (κ1) is 23.2. The number of likely N-dealkylation sites (tertiary alicyclic amines) is 2. The summed E-state index contributed by atoms with van der Waals surface area (Å²) in [5, 5.41) is 0. The molecular formula is C26H40N2O4. The van der Waals surface area contributed by atoms with E-state index in [2.05, 4.69) is 0 Å². The van der Waals surface area contributed by atoms with Crippen molar-refractivity contribution in [1.82, 2.24) is 9.80 Å². The van der Waals surface area contributed by atoms with E-state index in [9.17, 15) is 9.59 Å². The lowest BCUT2D eigenvalue weighted by atomic mass is 9.91. The Kier molecular flexibility index (Phi) is 7.16. The van der Waals surface area contributed by atoms with Crippen molar-refractivity contribution in [3.8, 4) is 0 Å². The van der Waals surface area contributed by atoms with Crippen LogP contribution >= 0.6 is 0 Å². The van der Waals surface area contributed by atoms with Gasteiger partial charge in [-0.2, -0.15) is 0 Å². The van der Waals surface area contributed by atoms with E-state index in [0.717, 1.165) is 100 Å². The molecule has 2 aliphatic heterocycles. The molecule has 0 aromatic rings. The summed E-state index contributed by atoms with van der Waals surface area (Å²) in [5.41, 5.74) is 0.899. The van der Waals surface area contributed by atoms with Crippen LogP contribution in [0.2, 0.25) is 0 Å². The maximum atomic E-state index is 12.3. The van der Waals surface area contributed by atoms with Crippen LogP contribution < -0.4 is 0 Å². The average Bonchev–Trinajstić information content (AvgIpc) is 3.63. The number of piperidine rings is 1. The first-order valence-electron chi connectivity index (χ1n) is 12.6. The van der Waals surface area contributed by atoms with Crippen LogP contribution in [0, 0.1) is 17.8 Å². The number of carbonyl (C=O) groups excluding carboxylic acids is 2.